The van der Waals surface area contributed by atoms with Crippen LogP contribution in [0.25, 0.3) is 0 Å². The number of likely N-dealkylation sites (N-methyl/N-ethyl adjacent to an activating group) is 1. The number of hydrogen-bond acceptors (Lipinski definition) is 1. The smallest absolute Gasteiger partial charge is 0.317 e. The van der Waals surface area contributed by atoms with Crippen molar-refractivity contribution in [3.8, 4) is 0 Å². The van der Waals surface area contributed by atoms with Crippen molar-refractivity contribution in [3.63, 3.8) is 0 Å². The number of unbranched alkanes of at least 4 members (excludes halogenated alkanes) is 1. The summed E-state index contributed by atoms with van der Waals surface area (Å²) in [4.78, 5) is 0. The first-order valence-electron chi connectivity index (χ1n) is 6.30. The summed E-state index contributed by atoms with van der Waals surface area (Å²) in [7, 11) is 1.89. The lowest BCUT2D eigenvalue weighted by Gasteiger charge is -2.16. The van der Waals surface area contributed by atoms with Gasteiger partial charge in [-0.25, -0.2) is 0 Å². The van der Waals surface area contributed by atoms with Gasteiger partial charge in [-0.3, -0.25) is 0 Å². The van der Waals surface area contributed by atoms with Gasteiger partial charge in [-0.2, -0.15) is 13.2 Å². The fourth-order valence-corrected chi connectivity index (χ4v) is 1.91. The van der Waals surface area contributed by atoms with E-state index >= 15 is 0 Å². The summed E-state index contributed by atoms with van der Waals surface area (Å²) in [6.07, 6.45) is -0.164. The van der Waals surface area contributed by atoms with E-state index in [0.29, 0.717) is 6.04 Å². The second-order valence-corrected chi connectivity index (χ2v) is 4.53. The third-order valence-corrected chi connectivity index (χ3v) is 3.08. The predicted molar refractivity (Wildman–Crippen MR) is 67.5 cm³/mol. The lowest BCUT2D eigenvalue weighted by Crippen LogP contribution is -2.27. The summed E-state index contributed by atoms with van der Waals surface area (Å²) in [6, 6.07) is 5.78. The Morgan fingerprint density at radius 1 is 1.17 bits per heavy atom. The third-order valence-electron chi connectivity index (χ3n) is 3.08. The molecule has 4 heteroatoms. The maximum absolute atomic E-state index is 12.4. The van der Waals surface area contributed by atoms with Gasteiger partial charge in [0.25, 0.3) is 0 Å². The maximum atomic E-state index is 12.4. The van der Waals surface area contributed by atoms with Crippen molar-refractivity contribution >= 4 is 0 Å². The standard InChI is InChI=1S/C14H20F3N/c1-3-4-5-13(18-2)10-11-6-8-12(9-7-11)14(15,16)17/h6-9,13,18H,3-5,10H2,1-2H3. The molecular weight excluding hydrogens is 239 g/mol. The van der Waals surface area contributed by atoms with Crippen molar-refractivity contribution < 1.29 is 13.2 Å². The molecule has 1 nitrogen and oxygen atoms in total. The van der Waals surface area contributed by atoms with E-state index in [4.69, 9.17) is 0 Å². The van der Waals surface area contributed by atoms with E-state index in [-0.39, 0.29) is 0 Å². The molecule has 1 atom stereocenters. The summed E-state index contributed by atoms with van der Waals surface area (Å²) in [5.74, 6) is 0. The Hall–Kier alpha value is -1.03. The molecule has 1 aromatic carbocycles. The topological polar surface area (TPSA) is 12.0 Å². The molecule has 102 valence electrons. The van der Waals surface area contributed by atoms with Crippen LogP contribution in [0.4, 0.5) is 13.2 Å². The van der Waals surface area contributed by atoms with E-state index in [1.165, 1.54) is 0 Å². The van der Waals surface area contributed by atoms with E-state index in [1.807, 2.05) is 7.05 Å². The van der Waals surface area contributed by atoms with Gasteiger partial charge < -0.3 is 5.32 Å². The van der Waals surface area contributed by atoms with Gasteiger partial charge in [-0.1, -0.05) is 31.9 Å². The van der Waals surface area contributed by atoms with Gasteiger partial charge in [0.15, 0.2) is 0 Å². The summed E-state index contributed by atoms with van der Waals surface area (Å²) in [5.41, 5.74) is 0.360. The molecule has 0 aliphatic heterocycles. The minimum absolute atomic E-state index is 0.335. The molecular formula is C14H20F3N. The maximum Gasteiger partial charge on any atom is 0.416 e. The van der Waals surface area contributed by atoms with Crippen molar-refractivity contribution in [2.75, 3.05) is 7.05 Å². The fourth-order valence-electron chi connectivity index (χ4n) is 1.91. The number of alkyl halides is 3. The van der Waals surface area contributed by atoms with Gasteiger partial charge in [0.05, 0.1) is 5.56 Å². The van der Waals surface area contributed by atoms with Crippen molar-refractivity contribution in [3.05, 3.63) is 35.4 Å². The molecule has 0 radical (unpaired) electrons. The van der Waals surface area contributed by atoms with Crippen LogP contribution in [0, 0.1) is 0 Å². The number of rotatable bonds is 6. The lowest BCUT2D eigenvalue weighted by atomic mass is 10.0. The molecule has 0 spiro atoms. The van der Waals surface area contributed by atoms with Gasteiger partial charge in [0, 0.05) is 6.04 Å². The molecule has 0 bridgehead atoms. The lowest BCUT2D eigenvalue weighted by molar-refractivity contribution is -0.137. The van der Waals surface area contributed by atoms with E-state index in [2.05, 4.69) is 12.2 Å². The van der Waals surface area contributed by atoms with Crippen molar-refractivity contribution in [2.24, 2.45) is 0 Å². The molecule has 1 N–H and O–H groups in total. The van der Waals surface area contributed by atoms with Crippen LogP contribution in [0.2, 0.25) is 0 Å². The molecule has 0 fully saturated rings. The first-order valence-corrected chi connectivity index (χ1v) is 6.30. The van der Waals surface area contributed by atoms with Crippen LogP contribution < -0.4 is 5.32 Å². The van der Waals surface area contributed by atoms with E-state index < -0.39 is 11.7 Å². The molecule has 0 amide bonds. The molecule has 1 rings (SSSR count). The highest BCUT2D eigenvalue weighted by atomic mass is 19.4. The second kappa shape index (κ2) is 6.78. The number of hydrogen-bond donors (Lipinski definition) is 1. The zero-order valence-corrected chi connectivity index (χ0v) is 10.8. The monoisotopic (exact) mass is 259 g/mol. The van der Waals surface area contributed by atoms with Crippen LogP contribution >= 0.6 is 0 Å². The third kappa shape index (κ3) is 4.69. The minimum atomic E-state index is -4.25. The van der Waals surface area contributed by atoms with Gasteiger partial charge in [-0.05, 0) is 37.6 Å². The molecule has 0 saturated carbocycles. The largest absolute Gasteiger partial charge is 0.416 e. The Bertz CT molecular complexity index is 343. The van der Waals surface area contributed by atoms with Gasteiger partial charge >= 0.3 is 6.18 Å². The highest BCUT2D eigenvalue weighted by Gasteiger charge is 2.29. The summed E-state index contributed by atoms with van der Waals surface area (Å²) in [6.45, 7) is 2.13. The van der Waals surface area contributed by atoms with Crippen molar-refractivity contribution in [1.82, 2.24) is 5.32 Å². The van der Waals surface area contributed by atoms with Gasteiger partial charge in [0.2, 0.25) is 0 Å². The Morgan fingerprint density at radius 2 is 1.78 bits per heavy atom. The molecule has 0 aliphatic rings. The van der Waals surface area contributed by atoms with Crippen LogP contribution in [0.5, 0.6) is 0 Å². The first-order chi connectivity index (χ1) is 8.47. The van der Waals surface area contributed by atoms with Crippen LogP contribution in [0.15, 0.2) is 24.3 Å². The Labute approximate surface area is 106 Å². The summed E-state index contributed by atoms with van der Waals surface area (Å²) in [5, 5.41) is 3.21. The molecule has 0 aliphatic carbocycles. The highest BCUT2D eigenvalue weighted by molar-refractivity contribution is 5.25. The summed E-state index contributed by atoms with van der Waals surface area (Å²) >= 11 is 0. The fraction of sp³-hybridized carbons (Fsp3) is 0.571. The Balaban J connectivity index is 2.62. The number of benzene rings is 1. The average Bonchev–Trinajstić information content (AvgIpc) is 2.34. The number of nitrogens with one attached hydrogen (secondary N) is 1. The molecule has 1 aromatic rings. The van der Waals surface area contributed by atoms with E-state index in [1.54, 1.807) is 12.1 Å². The quantitative estimate of drug-likeness (QED) is 0.813. The van der Waals surface area contributed by atoms with Crippen LogP contribution in [-0.2, 0) is 12.6 Å². The van der Waals surface area contributed by atoms with E-state index in [0.717, 1.165) is 43.4 Å². The highest BCUT2D eigenvalue weighted by Crippen LogP contribution is 2.29. The predicted octanol–water partition coefficient (Wildman–Crippen LogP) is 4.03. The van der Waals surface area contributed by atoms with Gasteiger partial charge in [0.1, 0.15) is 0 Å². The van der Waals surface area contributed by atoms with Crippen molar-refractivity contribution in [1.29, 1.82) is 0 Å². The van der Waals surface area contributed by atoms with Crippen molar-refractivity contribution in [2.45, 2.75) is 44.8 Å². The molecule has 0 saturated heterocycles. The van der Waals surface area contributed by atoms with Crippen LogP contribution in [0.3, 0.4) is 0 Å². The average molecular weight is 259 g/mol. The van der Waals surface area contributed by atoms with E-state index in [9.17, 15) is 13.2 Å². The molecule has 1 unspecified atom stereocenters. The normalized spacial score (nSPS) is 13.6. The SMILES string of the molecule is CCCCC(Cc1ccc(C(F)(F)F)cc1)NC. The van der Waals surface area contributed by atoms with Gasteiger partial charge in [-0.15, -0.1) is 0 Å². The Kier molecular flexibility index (Phi) is 5.66. The van der Waals surface area contributed by atoms with Crippen LogP contribution in [0.1, 0.15) is 37.3 Å². The summed E-state index contributed by atoms with van der Waals surface area (Å²) < 4.78 is 37.2. The van der Waals surface area contributed by atoms with Crippen LogP contribution in [-0.4, -0.2) is 13.1 Å². The molecule has 0 aromatic heterocycles. The number of halogens is 3. The molecule has 18 heavy (non-hydrogen) atoms. The zero-order chi connectivity index (χ0) is 13.6. The second-order valence-electron chi connectivity index (χ2n) is 4.53. The molecule has 0 heterocycles. The first kappa shape index (κ1) is 15.0. The minimum Gasteiger partial charge on any atom is -0.317 e. The Morgan fingerprint density at radius 3 is 2.22 bits per heavy atom. The zero-order valence-electron chi connectivity index (χ0n) is 10.8.